The van der Waals surface area contributed by atoms with Gasteiger partial charge >= 0.3 is 0 Å². The van der Waals surface area contributed by atoms with Crippen LogP contribution < -0.4 is 5.32 Å². The second kappa shape index (κ2) is 4.90. The van der Waals surface area contributed by atoms with Crippen LogP contribution in [-0.4, -0.2) is 44.9 Å². The van der Waals surface area contributed by atoms with Crippen molar-refractivity contribution in [3.8, 4) is 0 Å². The maximum Gasteiger partial charge on any atom is 0.234 e. The first-order valence-corrected chi connectivity index (χ1v) is 6.90. The van der Waals surface area contributed by atoms with Crippen LogP contribution in [0.2, 0.25) is 0 Å². The maximum atomic E-state index is 4.64. The molecule has 3 heterocycles. The molecule has 3 rings (SSSR count). The minimum Gasteiger partial charge on any atom is -0.312 e. The van der Waals surface area contributed by atoms with E-state index in [1.807, 2.05) is 6.92 Å². The zero-order valence-electron chi connectivity index (χ0n) is 11.8. The fourth-order valence-corrected chi connectivity index (χ4v) is 2.78. The Morgan fingerprint density at radius 3 is 3.00 bits per heavy atom. The van der Waals surface area contributed by atoms with E-state index >= 15 is 0 Å². The molecule has 0 spiro atoms. The van der Waals surface area contributed by atoms with Gasteiger partial charge in [-0.15, -0.1) is 0 Å². The van der Waals surface area contributed by atoms with Crippen LogP contribution in [0.3, 0.4) is 0 Å². The molecular weight excluding hydrogens is 238 g/mol. The third kappa shape index (κ3) is 2.62. The van der Waals surface area contributed by atoms with E-state index in [1.165, 1.54) is 5.69 Å². The summed E-state index contributed by atoms with van der Waals surface area (Å²) in [6.45, 7) is 10.5. The molecule has 0 aromatic carbocycles. The van der Waals surface area contributed by atoms with Crippen LogP contribution >= 0.6 is 0 Å². The Morgan fingerprint density at radius 2 is 2.21 bits per heavy atom. The third-order valence-corrected chi connectivity index (χ3v) is 3.65. The molecular formula is C14H21N5. The largest absolute Gasteiger partial charge is 0.312 e. The summed E-state index contributed by atoms with van der Waals surface area (Å²) < 4.78 is 2.08. The third-order valence-electron chi connectivity index (χ3n) is 3.65. The molecule has 0 radical (unpaired) electrons. The Labute approximate surface area is 113 Å². The van der Waals surface area contributed by atoms with Gasteiger partial charge in [-0.3, -0.25) is 9.30 Å². The number of nitrogens with one attached hydrogen (secondary N) is 1. The van der Waals surface area contributed by atoms with Crippen LogP contribution in [0.25, 0.3) is 5.78 Å². The number of rotatable bonds is 2. The van der Waals surface area contributed by atoms with Crippen LogP contribution in [0.4, 0.5) is 0 Å². The quantitative estimate of drug-likeness (QED) is 0.878. The smallest absolute Gasteiger partial charge is 0.234 e. The predicted octanol–water partition coefficient (Wildman–Crippen LogP) is 1.14. The first-order valence-electron chi connectivity index (χ1n) is 6.90. The highest BCUT2D eigenvalue weighted by atomic mass is 15.2. The van der Waals surface area contributed by atoms with Gasteiger partial charge in [-0.05, 0) is 26.8 Å². The number of nitrogens with zero attached hydrogens (tertiary/aromatic N) is 4. The molecule has 1 fully saturated rings. The molecule has 1 atom stereocenters. The molecule has 0 unspecified atom stereocenters. The Bertz CT molecular complexity index is 589. The molecule has 5 heteroatoms. The highest BCUT2D eigenvalue weighted by Crippen LogP contribution is 2.11. The summed E-state index contributed by atoms with van der Waals surface area (Å²) in [5.74, 6) is 0.815. The Kier molecular flexibility index (Phi) is 3.24. The van der Waals surface area contributed by atoms with E-state index in [0.29, 0.717) is 6.04 Å². The molecule has 0 saturated carbocycles. The molecule has 1 aliphatic heterocycles. The minimum atomic E-state index is 0.563. The lowest BCUT2D eigenvalue weighted by molar-refractivity contribution is 0.198. The molecule has 1 N–H and O–H groups in total. The van der Waals surface area contributed by atoms with Crippen molar-refractivity contribution in [3.63, 3.8) is 0 Å². The standard InChI is InChI=1S/C14H21N5/c1-10-6-12(3)19-9-13(17-14(19)16-10)8-18-5-4-15-11(2)7-18/h6,9,11,15H,4-5,7-8H2,1-3H3/t11-/m0/s1. The Balaban J connectivity index is 1.83. The average molecular weight is 259 g/mol. The number of fused-ring (bicyclic) bond motifs is 1. The molecule has 0 amide bonds. The van der Waals surface area contributed by atoms with E-state index < -0.39 is 0 Å². The normalized spacial score (nSPS) is 21.1. The molecule has 1 aliphatic rings. The second-order valence-electron chi connectivity index (χ2n) is 5.53. The Hall–Kier alpha value is -1.46. The van der Waals surface area contributed by atoms with Crippen LogP contribution in [-0.2, 0) is 6.54 Å². The van der Waals surface area contributed by atoms with Gasteiger partial charge in [0.05, 0.1) is 5.69 Å². The van der Waals surface area contributed by atoms with E-state index in [2.05, 4.69) is 50.7 Å². The molecule has 0 bridgehead atoms. The van der Waals surface area contributed by atoms with E-state index in [1.54, 1.807) is 0 Å². The molecule has 0 aliphatic carbocycles. The Morgan fingerprint density at radius 1 is 1.37 bits per heavy atom. The second-order valence-corrected chi connectivity index (χ2v) is 5.53. The average Bonchev–Trinajstić information content (AvgIpc) is 2.71. The van der Waals surface area contributed by atoms with Crippen molar-refractivity contribution in [3.05, 3.63) is 29.3 Å². The van der Waals surface area contributed by atoms with E-state index in [-0.39, 0.29) is 0 Å². The van der Waals surface area contributed by atoms with Crippen LogP contribution in [0.1, 0.15) is 24.0 Å². The van der Waals surface area contributed by atoms with Gasteiger partial charge in [0.15, 0.2) is 0 Å². The summed E-state index contributed by atoms with van der Waals surface area (Å²) in [4.78, 5) is 11.6. The van der Waals surface area contributed by atoms with Crippen molar-refractivity contribution in [1.82, 2.24) is 24.6 Å². The zero-order chi connectivity index (χ0) is 13.4. The monoisotopic (exact) mass is 259 g/mol. The van der Waals surface area contributed by atoms with Gasteiger partial charge in [0, 0.05) is 49.8 Å². The maximum absolute atomic E-state index is 4.64. The first kappa shape index (κ1) is 12.6. The number of imidazole rings is 1. The molecule has 19 heavy (non-hydrogen) atoms. The van der Waals surface area contributed by atoms with Crippen molar-refractivity contribution in [2.45, 2.75) is 33.4 Å². The zero-order valence-corrected chi connectivity index (χ0v) is 11.8. The van der Waals surface area contributed by atoms with Crippen molar-refractivity contribution in [2.75, 3.05) is 19.6 Å². The summed E-state index contributed by atoms with van der Waals surface area (Å²) in [7, 11) is 0. The van der Waals surface area contributed by atoms with Crippen LogP contribution in [0.5, 0.6) is 0 Å². The van der Waals surface area contributed by atoms with Gasteiger partial charge in [-0.1, -0.05) is 0 Å². The number of hydrogen-bond donors (Lipinski definition) is 1. The van der Waals surface area contributed by atoms with Gasteiger partial charge in [-0.25, -0.2) is 9.97 Å². The molecule has 2 aromatic heterocycles. The number of hydrogen-bond acceptors (Lipinski definition) is 4. The number of aryl methyl sites for hydroxylation is 2. The van der Waals surface area contributed by atoms with Crippen LogP contribution in [0, 0.1) is 13.8 Å². The summed E-state index contributed by atoms with van der Waals surface area (Å²) >= 11 is 0. The number of aromatic nitrogens is 3. The molecule has 1 saturated heterocycles. The molecule has 5 nitrogen and oxygen atoms in total. The van der Waals surface area contributed by atoms with Gasteiger partial charge in [-0.2, -0.15) is 0 Å². The topological polar surface area (TPSA) is 45.5 Å². The first-order chi connectivity index (χ1) is 9.11. The number of piperazine rings is 1. The van der Waals surface area contributed by atoms with Gasteiger partial charge in [0.25, 0.3) is 0 Å². The highest BCUT2D eigenvalue weighted by Gasteiger charge is 2.17. The lowest BCUT2D eigenvalue weighted by Gasteiger charge is -2.31. The summed E-state index contributed by atoms with van der Waals surface area (Å²) in [5.41, 5.74) is 3.32. The van der Waals surface area contributed by atoms with Crippen molar-refractivity contribution in [1.29, 1.82) is 0 Å². The van der Waals surface area contributed by atoms with E-state index in [9.17, 15) is 0 Å². The van der Waals surface area contributed by atoms with Crippen molar-refractivity contribution >= 4 is 5.78 Å². The minimum absolute atomic E-state index is 0.563. The summed E-state index contributed by atoms with van der Waals surface area (Å²) in [6, 6.07) is 2.65. The molecule has 2 aromatic rings. The highest BCUT2D eigenvalue weighted by molar-refractivity contribution is 5.34. The SMILES string of the molecule is Cc1cc(C)n2cc(CN3CCN[C@@H](C)C3)nc2n1. The molecule has 102 valence electrons. The van der Waals surface area contributed by atoms with E-state index in [0.717, 1.165) is 43.3 Å². The van der Waals surface area contributed by atoms with Crippen molar-refractivity contribution in [2.24, 2.45) is 0 Å². The van der Waals surface area contributed by atoms with E-state index in [4.69, 9.17) is 0 Å². The van der Waals surface area contributed by atoms with Gasteiger partial charge in [0.2, 0.25) is 5.78 Å². The fraction of sp³-hybridized carbons (Fsp3) is 0.571. The summed E-state index contributed by atoms with van der Waals surface area (Å²) in [5, 5.41) is 3.46. The predicted molar refractivity (Wildman–Crippen MR) is 75.2 cm³/mol. The lowest BCUT2D eigenvalue weighted by Crippen LogP contribution is -2.48. The van der Waals surface area contributed by atoms with Gasteiger partial charge in [0.1, 0.15) is 0 Å². The fourth-order valence-electron chi connectivity index (χ4n) is 2.78. The lowest BCUT2D eigenvalue weighted by atomic mass is 10.2. The van der Waals surface area contributed by atoms with Crippen LogP contribution in [0.15, 0.2) is 12.3 Å². The van der Waals surface area contributed by atoms with Crippen molar-refractivity contribution < 1.29 is 0 Å². The summed E-state index contributed by atoms with van der Waals surface area (Å²) in [6.07, 6.45) is 2.11. The van der Waals surface area contributed by atoms with Gasteiger partial charge < -0.3 is 5.32 Å².